The number of aryl methyl sites for hydroxylation is 2. The molecule has 158 valence electrons. The highest BCUT2D eigenvalue weighted by molar-refractivity contribution is 7.13. The number of aromatic nitrogens is 1. The molecule has 1 saturated heterocycles. The fourth-order valence-corrected chi connectivity index (χ4v) is 4.30. The van der Waals surface area contributed by atoms with Crippen LogP contribution in [0.5, 0.6) is 5.75 Å². The molecule has 7 heteroatoms. The number of hydrogen-bond acceptors (Lipinski definition) is 6. The zero-order valence-corrected chi connectivity index (χ0v) is 18.3. The predicted octanol–water partition coefficient (Wildman–Crippen LogP) is 4.00. The highest BCUT2D eigenvalue weighted by Crippen LogP contribution is 2.26. The molecule has 1 aliphatic rings. The van der Waals surface area contributed by atoms with Gasteiger partial charge >= 0.3 is 0 Å². The van der Waals surface area contributed by atoms with Crippen molar-refractivity contribution in [3.8, 4) is 16.5 Å². The molecule has 0 atom stereocenters. The third kappa shape index (κ3) is 4.91. The zero-order chi connectivity index (χ0) is 20.9. The maximum Gasteiger partial charge on any atom is 0.236 e. The summed E-state index contributed by atoms with van der Waals surface area (Å²) in [5.74, 6) is 2.63. The van der Waals surface area contributed by atoms with E-state index in [1.165, 1.54) is 0 Å². The van der Waals surface area contributed by atoms with Gasteiger partial charge in [-0.25, -0.2) is 4.98 Å². The monoisotopic (exact) mass is 425 g/mol. The molecule has 2 aromatic heterocycles. The van der Waals surface area contributed by atoms with Crippen LogP contribution in [0.15, 0.2) is 46.2 Å². The summed E-state index contributed by atoms with van der Waals surface area (Å²) in [6, 6.07) is 12.0. The molecule has 3 aromatic rings. The number of rotatable bonds is 7. The van der Waals surface area contributed by atoms with Gasteiger partial charge in [0.25, 0.3) is 0 Å². The van der Waals surface area contributed by atoms with Crippen molar-refractivity contribution < 1.29 is 13.9 Å². The van der Waals surface area contributed by atoms with Gasteiger partial charge in [-0.05, 0) is 42.5 Å². The van der Waals surface area contributed by atoms with Crippen LogP contribution in [-0.4, -0.2) is 54.0 Å². The molecule has 1 aliphatic heterocycles. The number of oxazole rings is 1. The van der Waals surface area contributed by atoms with Crippen molar-refractivity contribution in [1.29, 1.82) is 0 Å². The topological polar surface area (TPSA) is 58.8 Å². The molecule has 3 heterocycles. The first-order chi connectivity index (χ1) is 14.6. The summed E-state index contributed by atoms with van der Waals surface area (Å²) in [4.78, 5) is 22.7. The summed E-state index contributed by atoms with van der Waals surface area (Å²) in [5.41, 5.74) is 2.14. The van der Waals surface area contributed by atoms with Gasteiger partial charge in [-0.3, -0.25) is 9.69 Å². The van der Waals surface area contributed by atoms with Gasteiger partial charge in [0.2, 0.25) is 11.8 Å². The lowest BCUT2D eigenvalue weighted by molar-refractivity contribution is -0.133. The Bertz CT molecular complexity index is 958. The van der Waals surface area contributed by atoms with Crippen LogP contribution in [0.3, 0.4) is 0 Å². The van der Waals surface area contributed by atoms with Crippen LogP contribution in [0.2, 0.25) is 0 Å². The van der Waals surface area contributed by atoms with Gasteiger partial charge < -0.3 is 14.1 Å². The standard InChI is InChI=1S/C23H27N3O3S/c1-17-20(24-23(29-17)21-4-3-15-30-21)16-25-11-13-26(14-12-25)22(27)10-7-18-5-8-19(28-2)9-6-18/h3-6,8-9,15H,7,10-14,16H2,1-2H3. The number of benzene rings is 1. The smallest absolute Gasteiger partial charge is 0.236 e. The average Bonchev–Trinajstić information content (AvgIpc) is 3.43. The molecule has 0 aliphatic carbocycles. The summed E-state index contributed by atoms with van der Waals surface area (Å²) in [6.45, 7) is 5.96. The van der Waals surface area contributed by atoms with E-state index in [2.05, 4.69) is 9.88 Å². The maximum absolute atomic E-state index is 12.6. The number of methoxy groups -OCH3 is 1. The van der Waals surface area contributed by atoms with Gasteiger partial charge in [0, 0.05) is 39.1 Å². The number of amides is 1. The van der Waals surface area contributed by atoms with Gasteiger partial charge in [0.1, 0.15) is 11.5 Å². The largest absolute Gasteiger partial charge is 0.497 e. The molecule has 1 fully saturated rings. The maximum atomic E-state index is 12.6. The highest BCUT2D eigenvalue weighted by Gasteiger charge is 2.23. The number of nitrogens with zero attached hydrogens (tertiary/aromatic N) is 3. The second-order valence-corrected chi connectivity index (χ2v) is 8.45. The molecule has 6 nitrogen and oxygen atoms in total. The van der Waals surface area contributed by atoms with Crippen LogP contribution in [0, 0.1) is 6.92 Å². The quantitative estimate of drug-likeness (QED) is 0.573. The molecule has 0 spiro atoms. The zero-order valence-electron chi connectivity index (χ0n) is 17.5. The van der Waals surface area contributed by atoms with E-state index in [9.17, 15) is 4.79 Å². The van der Waals surface area contributed by atoms with E-state index in [0.29, 0.717) is 12.3 Å². The van der Waals surface area contributed by atoms with Crippen molar-refractivity contribution in [1.82, 2.24) is 14.8 Å². The highest BCUT2D eigenvalue weighted by atomic mass is 32.1. The minimum atomic E-state index is 0.225. The molecule has 0 N–H and O–H groups in total. The second-order valence-electron chi connectivity index (χ2n) is 7.50. The number of thiophene rings is 1. The Morgan fingerprint density at radius 1 is 1.17 bits per heavy atom. The van der Waals surface area contributed by atoms with E-state index in [1.54, 1.807) is 18.4 Å². The lowest BCUT2D eigenvalue weighted by atomic mass is 10.1. The van der Waals surface area contributed by atoms with Crippen molar-refractivity contribution in [2.45, 2.75) is 26.3 Å². The second kappa shape index (κ2) is 9.45. The van der Waals surface area contributed by atoms with Crippen LogP contribution < -0.4 is 4.74 Å². The molecule has 0 radical (unpaired) electrons. The Labute approximate surface area is 181 Å². The van der Waals surface area contributed by atoms with Gasteiger partial charge in [-0.1, -0.05) is 18.2 Å². The summed E-state index contributed by atoms with van der Waals surface area (Å²) in [7, 11) is 1.66. The van der Waals surface area contributed by atoms with Crippen LogP contribution >= 0.6 is 11.3 Å². The average molecular weight is 426 g/mol. The summed E-state index contributed by atoms with van der Waals surface area (Å²) in [5, 5.41) is 2.03. The van der Waals surface area contributed by atoms with Gasteiger partial charge in [-0.2, -0.15) is 0 Å². The van der Waals surface area contributed by atoms with E-state index >= 15 is 0 Å². The fraction of sp³-hybridized carbons (Fsp3) is 0.391. The molecular weight excluding hydrogens is 398 g/mol. The molecule has 0 saturated carbocycles. The van der Waals surface area contributed by atoms with Crippen LogP contribution in [0.25, 0.3) is 10.8 Å². The van der Waals surface area contributed by atoms with Crippen LogP contribution in [0.4, 0.5) is 0 Å². The van der Waals surface area contributed by atoms with Crippen LogP contribution in [0.1, 0.15) is 23.4 Å². The number of ether oxygens (including phenoxy) is 1. The molecule has 0 bridgehead atoms. The Morgan fingerprint density at radius 3 is 2.60 bits per heavy atom. The number of carbonyl (C=O) groups is 1. The van der Waals surface area contributed by atoms with E-state index in [1.807, 2.05) is 53.6 Å². The molecule has 1 amide bonds. The molecule has 0 unspecified atom stereocenters. The third-order valence-electron chi connectivity index (χ3n) is 5.51. The number of carbonyl (C=O) groups excluding carboxylic acids is 1. The van der Waals surface area contributed by atoms with Crippen LogP contribution in [-0.2, 0) is 17.8 Å². The predicted molar refractivity (Wildman–Crippen MR) is 118 cm³/mol. The Morgan fingerprint density at radius 2 is 1.93 bits per heavy atom. The molecule has 1 aromatic carbocycles. The summed E-state index contributed by atoms with van der Waals surface area (Å²) in [6.07, 6.45) is 1.30. The number of piperazine rings is 1. The van der Waals surface area contributed by atoms with Gasteiger partial charge in [0.15, 0.2) is 0 Å². The molecule has 4 rings (SSSR count). The Hall–Kier alpha value is -2.64. The van der Waals surface area contributed by atoms with E-state index in [4.69, 9.17) is 9.15 Å². The molecular formula is C23H27N3O3S. The van der Waals surface area contributed by atoms with Crippen molar-refractivity contribution >= 4 is 17.2 Å². The molecule has 30 heavy (non-hydrogen) atoms. The SMILES string of the molecule is COc1ccc(CCC(=O)N2CCN(Cc3nc(-c4cccs4)oc3C)CC2)cc1. The Kier molecular flexibility index (Phi) is 6.50. The lowest BCUT2D eigenvalue weighted by Gasteiger charge is -2.34. The van der Waals surface area contributed by atoms with Gasteiger partial charge in [-0.15, -0.1) is 11.3 Å². The number of hydrogen-bond donors (Lipinski definition) is 0. The van der Waals surface area contributed by atoms with Crippen molar-refractivity contribution in [3.63, 3.8) is 0 Å². The fourth-order valence-electron chi connectivity index (χ4n) is 3.65. The lowest BCUT2D eigenvalue weighted by Crippen LogP contribution is -2.48. The Balaban J connectivity index is 1.25. The van der Waals surface area contributed by atoms with E-state index in [0.717, 1.165) is 66.8 Å². The van der Waals surface area contributed by atoms with E-state index < -0.39 is 0 Å². The van der Waals surface area contributed by atoms with Crippen molar-refractivity contribution in [2.24, 2.45) is 0 Å². The first kappa shape index (κ1) is 20.6. The van der Waals surface area contributed by atoms with Crippen molar-refractivity contribution in [2.75, 3.05) is 33.3 Å². The van der Waals surface area contributed by atoms with Crippen molar-refractivity contribution in [3.05, 3.63) is 58.8 Å². The normalized spacial score (nSPS) is 14.8. The summed E-state index contributed by atoms with van der Waals surface area (Å²) >= 11 is 1.63. The first-order valence-electron chi connectivity index (χ1n) is 10.3. The third-order valence-corrected chi connectivity index (χ3v) is 6.37. The minimum Gasteiger partial charge on any atom is -0.497 e. The van der Waals surface area contributed by atoms with Gasteiger partial charge in [0.05, 0.1) is 17.7 Å². The van der Waals surface area contributed by atoms with E-state index in [-0.39, 0.29) is 5.91 Å². The first-order valence-corrected chi connectivity index (χ1v) is 11.1. The minimum absolute atomic E-state index is 0.225. The summed E-state index contributed by atoms with van der Waals surface area (Å²) < 4.78 is 11.0.